The van der Waals surface area contributed by atoms with Gasteiger partial charge in [0.05, 0.1) is 6.10 Å². The normalized spacial score (nSPS) is 12.1. The molecule has 0 amide bonds. The van der Waals surface area contributed by atoms with Gasteiger partial charge in [-0.15, -0.1) is 0 Å². The molecule has 4 heteroatoms. The Morgan fingerprint density at radius 3 is 2.93 bits per heavy atom. The Balaban J connectivity index is 2.70. The van der Waals surface area contributed by atoms with Gasteiger partial charge in [0.1, 0.15) is 0 Å². The lowest BCUT2D eigenvalue weighted by Gasteiger charge is -2.09. The fourth-order valence-corrected chi connectivity index (χ4v) is 0.849. The molecule has 0 saturated heterocycles. The van der Waals surface area contributed by atoms with Gasteiger partial charge in [-0.2, -0.15) is 0 Å². The summed E-state index contributed by atoms with van der Waals surface area (Å²) in [6.45, 7) is 3.70. The molecule has 0 spiro atoms. The van der Waals surface area contributed by atoms with E-state index < -0.39 is 5.97 Å². The summed E-state index contributed by atoms with van der Waals surface area (Å²) < 4.78 is 5.00. The van der Waals surface area contributed by atoms with Crippen LogP contribution in [-0.2, 0) is 9.84 Å². The molecule has 0 bridgehead atoms. The molecule has 0 fully saturated rings. The lowest BCUT2D eigenvalue weighted by atomic mass is 10.3. The largest absolute Gasteiger partial charge is 0.458 e. The van der Waals surface area contributed by atoms with E-state index in [0.29, 0.717) is 0 Å². The van der Waals surface area contributed by atoms with Gasteiger partial charge in [-0.1, -0.05) is 6.92 Å². The third-order valence-electron chi connectivity index (χ3n) is 1.82. The molecule has 1 aromatic rings. The number of nitrogens with zero attached hydrogens (tertiary/aromatic N) is 1. The molecule has 1 aromatic heterocycles. The quantitative estimate of drug-likeness (QED) is 0.693. The lowest BCUT2D eigenvalue weighted by molar-refractivity contribution is 0.0327. The molecule has 0 aliphatic rings. The fourth-order valence-electron chi connectivity index (χ4n) is 0.849. The molecule has 1 atom stereocenters. The van der Waals surface area contributed by atoms with Crippen LogP contribution >= 0.6 is 0 Å². The maximum atomic E-state index is 11.3. The number of pyridine rings is 1. The Morgan fingerprint density at radius 1 is 1.64 bits per heavy atom. The summed E-state index contributed by atoms with van der Waals surface area (Å²) in [6.07, 6.45) is 1.89. The summed E-state index contributed by atoms with van der Waals surface area (Å²) in [5.41, 5.74) is 0.0674. The Hall–Kier alpha value is -1.58. The first-order chi connectivity index (χ1) is 6.63. The number of rotatable bonds is 3. The van der Waals surface area contributed by atoms with Gasteiger partial charge in [-0.05, 0) is 13.3 Å². The van der Waals surface area contributed by atoms with Crippen LogP contribution in [0, 0.1) is 0 Å². The molecule has 0 aliphatic heterocycles. The predicted octanol–water partition coefficient (Wildman–Crippen LogP) is 2.18. The number of aromatic nitrogens is 1. The molecule has 0 N–H and O–H groups in total. The first-order valence-electron chi connectivity index (χ1n) is 4.47. The van der Waals surface area contributed by atoms with E-state index in [0.717, 1.165) is 6.42 Å². The second-order valence-electron chi connectivity index (χ2n) is 3.00. The zero-order valence-electron chi connectivity index (χ0n) is 8.19. The molecule has 0 aromatic carbocycles. The molecule has 0 aliphatic carbocycles. The Kier molecular flexibility index (Phi) is 3.45. The molecule has 1 heterocycles. The number of esters is 1. The van der Waals surface area contributed by atoms with Crippen molar-refractivity contribution in [1.29, 1.82) is 0 Å². The minimum Gasteiger partial charge on any atom is -0.458 e. The van der Waals surface area contributed by atoms with Gasteiger partial charge in [0.2, 0.25) is 0 Å². The van der Waals surface area contributed by atoms with Crippen molar-refractivity contribution in [1.82, 2.24) is 4.98 Å². The van der Waals surface area contributed by atoms with Gasteiger partial charge in [0.15, 0.2) is 11.4 Å². The second-order valence-corrected chi connectivity index (χ2v) is 3.00. The number of ether oxygens (including phenoxy) is 1. The Labute approximate surface area is 82.5 Å². The summed E-state index contributed by atoms with van der Waals surface area (Å²) in [5.74, 6) is -0.784. The van der Waals surface area contributed by atoms with E-state index in [1.54, 1.807) is 6.92 Å². The van der Waals surface area contributed by atoms with E-state index >= 15 is 0 Å². The first kappa shape index (κ1) is 10.5. The zero-order chi connectivity index (χ0) is 10.6. The minimum absolute atomic E-state index is 0.0674. The van der Waals surface area contributed by atoms with E-state index in [2.05, 4.69) is 4.98 Å². The smallest absolute Gasteiger partial charge is 0.357 e. The highest BCUT2D eigenvalue weighted by atomic mass is 16.5. The third kappa shape index (κ3) is 2.73. The first-order valence-corrected chi connectivity index (χ1v) is 4.47. The van der Waals surface area contributed by atoms with Crippen molar-refractivity contribution in [3.63, 3.8) is 0 Å². The standard InChI is InChI=1S/C10H12NO3/c1-3-7(2)14-10(13)9-6-8(12)4-5-11-9/h4-7H,3H2,1-2H3. The average Bonchev–Trinajstić information content (AvgIpc) is 2.17. The molecular formula is C10H12NO3. The summed E-state index contributed by atoms with van der Waals surface area (Å²) in [5, 5.41) is 10.9. The highest BCUT2D eigenvalue weighted by molar-refractivity contribution is 5.87. The fraction of sp³-hybridized carbons (Fsp3) is 0.400. The monoisotopic (exact) mass is 194 g/mol. The molecule has 75 valence electrons. The van der Waals surface area contributed by atoms with E-state index in [1.165, 1.54) is 18.3 Å². The number of hydrogen-bond acceptors (Lipinski definition) is 3. The van der Waals surface area contributed by atoms with Crippen LogP contribution in [0.4, 0.5) is 0 Å². The predicted molar refractivity (Wildman–Crippen MR) is 49.5 cm³/mol. The molecular weight excluding hydrogens is 182 g/mol. The third-order valence-corrected chi connectivity index (χ3v) is 1.82. The summed E-state index contributed by atoms with van der Waals surface area (Å²) in [4.78, 5) is 15.1. The molecule has 1 radical (unpaired) electrons. The second kappa shape index (κ2) is 4.60. The van der Waals surface area contributed by atoms with Crippen molar-refractivity contribution in [2.45, 2.75) is 26.4 Å². The van der Waals surface area contributed by atoms with Crippen molar-refractivity contribution in [3.05, 3.63) is 24.0 Å². The topological polar surface area (TPSA) is 59.1 Å². The van der Waals surface area contributed by atoms with Crippen LogP contribution in [0.5, 0.6) is 5.75 Å². The minimum atomic E-state index is -0.544. The average molecular weight is 194 g/mol. The maximum Gasteiger partial charge on any atom is 0.357 e. The van der Waals surface area contributed by atoms with Crippen LogP contribution in [0.2, 0.25) is 0 Å². The lowest BCUT2D eigenvalue weighted by Crippen LogP contribution is -2.14. The Bertz CT molecular complexity index is 325. The van der Waals surface area contributed by atoms with Crippen molar-refractivity contribution in [2.75, 3.05) is 0 Å². The number of carbonyl (C=O) groups is 1. The molecule has 0 saturated carbocycles. The van der Waals surface area contributed by atoms with E-state index in [1.807, 2.05) is 6.92 Å². The van der Waals surface area contributed by atoms with Crippen LogP contribution < -0.4 is 0 Å². The maximum absolute atomic E-state index is 11.3. The van der Waals surface area contributed by atoms with Gasteiger partial charge < -0.3 is 4.74 Å². The highest BCUT2D eigenvalue weighted by Crippen LogP contribution is 2.11. The zero-order valence-corrected chi connectivity index (χ0v) is 8.19. The molecule has 1 unspecified atom stereocenters. The van der Waals surface area contributed by atoms with Crippen molar-refractivity contribution in [2.24, 2.45) is 0 Å². The van der Waals surface area contributed by atoms with Crippen LogP contribution in [0.3, 0.4) is 0 Å². The number of hydrogen-bond donors (Lipinski definition) is 0. The van der Waals surface area contributed by atoms with Gasteiger partial charge in [-0.3, -0.25) is 5.11 Å². The van der Waals surface area contributed by atoms with Gasteiger partial charge in [-0.25, -0.2) is 9.78 Å². The van der Waals surface area contributed by atoms with Crippen molar-refractivity contribution in [3.8, 4) is 5.75 Å². The van der Waals surface area contributed by atoms with E-state index in [-0.39, 0.29) is 17.5 Å². The van der Waals surface area contributed by atoms with E-state index in [4.69, 9.17) is 4.74 Å². The van der Waals surface area contributed by atoms with Crippen molar-refractivity contribution < 1.29 is 14.6 Å². The molecule has 1 rings (SSSR count). The van der Waals surface area contributed by atoms with Crippen LogP contribution in [0.1, 0.15) is 30.8 Å². The van der Waals surface area contributed by atoms with Crippen LogP contribution in [-0.4, -0.2) is 17.1 Å². The van der Waals surface area contributed by atoms with Crippen molar-refractivity contribution >= 4 is 5.97 Å². The molecule has 4 nitrogen and oxygen atoms in total. The van der Waals surface area contributed by atoms with Gasteiger partial charge in [0, 0.05) is 18.3 Å². The van der Waals surface area contributed by atoms with Crippen LogP contribution in [0.25, 0.3) is 0 Å². The number of carbonyl (C=O) groups excluding carboxylic acids is 1. The Morgan fingerprint density at radius 2 is 2.36 bits per heavy atom. The van der Waals surface area contributed by atoms with Gasteiger partial charge in [0.25, 0.3) is 0 Å². The van der Waals surface area contributed by atoms with Crippen LogP contribution in [0.15, 0.2) is 18.3 Å². The summed E-state index contributed by atoms with van der Waals surface area (Å²) in [7, 11) is 0. The van der Waals surface area contributed by atoms with Gasteiger partial charge >= 0.3 is 5.97 Å². The molecule has 14 heavy (non-hydrogen) atoms. The summed E-state index contributed by atoms with van der Waals surface area (Å²) in [6, 6.07) is 2.46. The highest BCUT2D eigenvalue weighted by Gasteiger charge is 2.12. The summed E-state index contributed by atoms with van der Waals surface area (Å²) >= 11 is 0. The van der Waals surface area contributed by atoms with E-state index in [9.17, 15) is 9.90 Å². The SMILES string of the molecule is CCC(C)OC(=O)c1cc([O])ccn1.